The highest BCUT2D eigenvalue weighted by Gasteiger charge is 2.38. The Morgan fingerprint density at radius 2 is 0.554 bits per heavy atom. The van der Waals surface area contributed by atoms with Gasteiger partial charge in [0.05, 0.1) is 46.7 Å². The number of rotatable bonds is 17. The largest absolute Gasteiger partial charge is 0.708 e. The molecular formula is C40H98N4O8S2Si2. The van der Waals surface area contributed by atoms with E-state index in [9.17, 15) is 0 Å². The number of quaternary nitrogens is 2. The van der Waals surface area contributed by atoms with Gasteiger partial charge < -0.3 is 83.0 Å². The Labute approximate surface area is 360 Å². The molecule has 0 aliphatic carbocycles. The SMILES string of the molecule is CC(C)(C)O[Si]([S-])(OC(C)(C)C)OC(C)(C)C.CC(C)(C)O[Si]([S-])(OC(C)(C)C)OC(C)(C)C.CC(C)O.CC(C)O.[NH3+]CCCNCCCCNCCC[NH3+]. The maximum Gasteiger partial charge on any atom is 0.346 e. The molecule has 0 aromatic rings. The normalized spacial score (nSPS) is 13.2. The van der Waals surface area contributed by atoms with Crippen molar-refractivity contribution in [2.45, 2.75) is 224 Å². The van der Waals surface area contributed by atoms with E-state index >= 15 is 0 Å². The summed E-state index contributed by atoms with van der Waals surface area (Å²) < 4.78 is 35.3. The van der Waals surface area contributed by atoms with Crippen LogP contribution in [-0.4, -0.2) is 111 Å². The van der Waals surface area contributed by atoms with E-state index in [1.54, 1.807) is 27.7 Å². The third-order valence-corrected chi connectivity index (χ3v) is 11.4. The fraction of sp³-hybridized carbons (Fsp3) is 1.00. The van der Waals surface area contributed by atoms with Gasteiger partial charge in [-0.2, -0.15) is 0 Å². The fourth-order valence-corrected chi connectivity index (χ4v) is 12.9. The highest BCUT2D eigenvalue weighted by Crippen LogP contribution is 2.28. The summed E-state index contributed by atoms with van der Waals surface area (Å²) in [7, 11) is -6.14. The molecule has 0 heterocycles. The monoisotopic (exact) mass is 883 g/mol. The smallest absolute Gasteiger partial charge is 0.346 e. The van der Waals surface area contributed by atoms with Crippen molar-refractivity contribution in [1.29, 1.82) is 0 Å². The van der Waals surface area contributed by atoms with Crippen LogP contribution >= 0.6 is 0 Å². The van der Waals surface area contributed by atoms with Gasteiger partial charge in [-0.25, -0.2) is 0 Å². The maximum absolute atomic E-state index is 8.06. The van der Waals surface area contributed by atoms with E-state index in [-0.39, 0.29) is 45.8 Å². The molecule has 346 valence electrons. The molecule has 56 heavy (non-hydrogen) atoms. The first-order valence-corrected chi connectivity index (χ1v) is 26.3. The Bertz CT molecular complexity index is 741. The number of hydrogen-bond acceptors (Lipinski definition) is 12. The molecule has 0 unspecified atom stereocenters. The molecule has 10 N–H and O–H groups in total. The Hall–Kier alpha value is 0.654. The van der Waals surface area contributed by atoms with E-state index in [1.165, 1.54) is 25.7 Å². The topological polar surface area (TPSA) is 175 Å². The van der Waals surface area contributed by atoms with Gasteiger partial charge in [-0.05, 0) is 178 Å². The number of aliphatic hydroxyl groups excluding tert-OH is 2. The summed E-state index contributed by atoms with van der Waals surface area (Å²) >= 11 is 11.0. The van der Waals surface area contributed by atoms with E-state index in [2.05, 4.69) is 22.1 Å². The summed E-state index contributed by atoms with van der Waals surface area (Å²) in [5.41, 5.74) is 5.39. The van der Waals surface area contributed by atoms with Gasteiger partial charge in [0.25, 0.3) is 0 Å². The third kappa shape index (κ3) is 69.3. The molecule has 0 saturated heterocycles. The molecule has 0 aromatic carbocycles. The molecule has 0 rings (SSSR count). The molecule has 0 fully saturated rings. The molecule has 0 aliphatic heterocycles. The van der Waals surface area contributed by atoms with Crippen molar-refractivity contribution in [2.24, 2.45) is 0 Å². The van der Waals surface area contributed by atoms with Crippen molar-refractivity contribution in [1.82, 2.24) is 10.6 Å². The summed E-state index contributed by atoms with van der Waals surface area (Å²) in [6, 6.07) is 0. The molecule has 12 nitrogen and oxygen atoms in total. The minimum Gasteiger partial charge on any atom is -0.708 e. The number of aliphatic hydroxyl groups is 2. The lowest BCUT2D eigenvalue weighted by molar-refractivity contribution is -0.368. The lowest BCUT2D eigenvalue weighted by Crippen LogP contribution is -2.55. The van der Waals surface area contributed by atoms with E-state index in [1.807, 2.05) is 125 Å². The van der Waals surface area contributed by atoms with Gasteiger partial charge in [0.1, 0.15) is 0 Å². The van der Waals surface area contributed by atoms with Crippen molar-refractivity contribution in [3.05, 3.63) is 0 Å². The van der Waals surface area contributed by atoms with Gasteiger partial charge in [-0.3, -0.25) is 0 Å². The molecule has 0 aliphatic rings. The van der Waals surface area contributed by atoms with Crippen LogP contribution < -0.4 is 22.1 Å². The molecule has 16 heteroatoms. The second-order valence-corrected chi connectivity index (χ2v) is 26.3. The molecule has 0 amide bonds. The predicted octanol–water partition coefficient (Wildman–Crippen LogP) is 5.81. The van der Waals surface area contributed by atoms with Crippen molar-refractivity contribution in [2.75, 3.05) is 39.3 Å². The van der Waals surface area contributed by atoms with Gasteiger partial charge >= 0.3 is 15.9 Å². The molecule has 0 bridgehead atoms. The van der Waals surface area contributed by atoms with Crippen LogP contribution in [0.1, 0.15) is 178 Å². The van der Waals surface area contributed by atoms with E-state index < -0.39 is 15.9 Å². The van der Waals surface area contributed by atoms with E-state index in [0.717, 1.165) is 39.3 Å². The Balaban J connectivity index is -0.000000212. The highest BCUT2D eigenvalue weighted by molar-refractivity contribution is 7.94. The second kappa shape index (κ2) is 31.5. The minimum atomic E-state index is -3.07. The zero-order chi connectivity index (χ0) is 45.9. The summed E-state index contributed by atoms with van der Waals surface area (Å²) in [6.07, 6.45) is 4.60. The Morgan fingerprint density at radius 3 is 0.679 bits per heavy atom. The summed E-state index contributed by atoms with van der Waals surface area (Å²) in [6.45, 7) is 48.8. The average Bonchev–Trinajstić information content (AvgIpc) is 2.82. The molecular weight excluding hydrogens is 785 g/mol. The van der Waals surface area contributed by atoms with Crippen LogP contribution in [-0.2, 0) is 50.7 Å². The van der Waals surface area contributed by atoms with Crippen molar-refractivity contribution in [3.8, 4) is 0 Å². The van der Waals surface area contributed by atoms with Crippen LogP contribution in [0.2, 0.25) is 0 Å². The Morgan fingerprint density at radius 1 is 0.411 bits per heavy atom. The van der Waals surface area contributed by atoms with Crippen LogP contribution in [0.25, 0.3) is 0 Å². The number of unbranched alkanes of at least 4 members (excludes halogenated alkanes) is 1. The molecule has 0 saturated carbocycles. The molecule has 0 radical (unpaired) electrons. The van der Waals surface area contributed by atoms with Crippen LogP contribution in [0.4, 0.5) is 0 Å². The predicted molar refractivity (Wildman–Crippen MR) is 246 cm³/mol. The highest BCUT2D eigenvalue weighted by atomic mass is 32.3. The average molecular weight is 884 g/mol. The van der Waals surface area contributed by atoms with E-state index in [0.29, 0.717) is 0 Å². The second-order valence-electron chi connectivity index (χ2n) is 20.1. The van der Waals surface area contributed by atoms with Gasteiger partial charge in [0, 0.05) is 38.1 Å². The standard InChI is InChI=1S/2C12H27O3SSi.C10H26N4.2C3H8O/c2*1-10(2,3)13-17(16,14-11(4,5)6)15-12(7,8)9;11-5-3-9-13-7-1-2-8-14-10-4-6-12;2*1-3(2)4/h2*1-9H3;13-14H,1-12H2;2*3-4H,1-2H3/q2*-1;;;/p+2. The van der Waals surface area contributed by atoms with Gasteiger partial charge in [0.15, 0.2) is 0 Å². The summed E-state index contributed by atoms with van der Waals surface area (Å²) in [4.78, 5) is 0. The lowest BCUT2D eigenvalue weighted by atomic mass is 10.2. The minimum absolute atomic E-state index is 0.167. The quantitative estimate of drug-likeness (QED) is 0.0589. The fourth-order valence-electron chi connectivity index (χ4n) is 3.62. The molecule has 0 spiro atoms. The van der Waals surface area contributed by atoms with Crippen molar-refractivity contribution < 1.29 is 48.2 Å². The first kappa shape index (κ1) is 65.8. The van der Waals surface area contributed by atoms with Crippen LogP contribution in [0.15, 0.2) is 0 Å². The van der Waals surface area contributed by atoms with E-state index in [4.69, 9.17) is 60.9 Å². The number of hydrogen-bond donors (Lipinski definition) is 6. The van der Waals surface area contributed by atoms with Gasteiger partial charge in [-0.1, -0.05) is 0 Å². The first-order chi connectivity index (χ1) is 24.6. The van der Waals surface area contributed by atoms with Gasteiger partial charge in [-0.15, -0.1) is 0 Å². The van der Waals surface area contributed by atoms with Gasteiger partial charge in [0.2, 0.25) is 0 Å². The van der Waals surface area contributed by atoms with Crippen LogP contribution in [0, 0.1) is 0 Å². The maximum atomic E-state index is 8.06. The first-order valence-electron chi connectivity index (χ1n) is 20.6. The Kier molecular flexibility index (Phi) is 37.0. The molecule has 0 atom stereocenters. The van der Waals surface area contributed by atoms with Crippen LogP contribution in [0.3, 0.4) is 0 Å². The van der Waals surface area contributed by atoms with Crippen molar-refractivity contribution in [3.63, 3.8) is 0 Å². The zero-order valence-electron chi connectivity index (χ0n) is 40.8. The lowest BCUT2D eigenvalue weighted by Gasteiger charge is -2.48. The number of nitrogens with one attached hydrogen (secondary N) is 2. The van der Waals surface area contributed by atoms with Crippen LogP contribution in [0.5, 0.6) is 0 Å². The van der Waals surface area contributed by atoms with Crippen molar-refractivity contribution >= 4 is 40.1 Å². The zero-order valence-corrected chi connectivity index (χ0v) is 44.4. The third-order valence-electron chi connectivity index (χ3n) is 4.75. The molecule has 0 aromatic heterocycles. The summed E-state index contributed by atoms with van der Waals surface area (Å²) in [5, 5.41) is 22.9. The summed E-state index contributed by atoms with van der Waals surface area (Å²) in [5.74, 6) is 0.